The highest BCUT2D eigenvalue weighted by molar-refractivity contribution is 5.47. The molecule has 1 rings (SSSR count). The van der Waals surface area contributed by atoms with Crippen molar-refractivity contribution in [2.75, 3.05) is 25.6 Å². The van der Waals surface area contributed by atoms with Gasteiger partial charge in [0.2, 0.25) is 0 Å². The smallest absolute Gasteiger partial charge is 0.0998 e. The molecule has 1 N–H and O–H groups in total. The van der Waals surface area contributed by atoms with Gasteiger partial charge in [-0.2, -0.15) is 0 Å². The number of aryl methyl sites for hydroxylation is 1. The first-order valence-corrected chi connectivity index (χ1v) is 6.44. The van der Waals surface area contributed by atoms with Crippen LogP contribution in [0, 0.1) is 0 Å². The van der Waals surface area contributed by atoms with Crippen molar-refractivity contribution in [1.29, 1.82) is 0 Å². The lowest BCUT2D eigenvalue weighted by Gasteiger charge is -2.32. The highest BCUT2D eigenvalue weighted by atomic mass is 16.5. The molecule has 0 spiro atoms. The molecule has 102 valence electrons. The van der Waals surface area contributed by atoms with Crippen LogP contribution in [0.1, 0.15) is 26.3 Å². The number of aliphatic hydroxyl groups excluding tert-OH is 1. The molecule has 0 saturated carbocycles. The van der Waals surface area contributed by atoms with Crippen molar-refractivity contribution in [3.05, 3.63) is 29.8 Å². The second kappa shape index (κ2) is 6.21. The maximum absolute atomic E-state index is 10.1. The number of likely N-dealkylation sites (N-methyl/N-ethyl adjacent to an activating group) is 1. The van der Waals surface area contributed by atoms with Gasteiger partial charge in [-0.05, 0) is 38.0 Å². The summed E-state index contributed by atoms with van der Waals surface area (Å²) in [5, 5.41) is 10.1. The summed E-state index contributed by atoms with van der Waals surface area (Å²) in [5.74, 6) is 0. The molecule has 0 radical (unpaired) electrons. The lowest BCUT2D eigenvalue weighted by molar-refractivity contribution is -0.0729. The number of hydrogen-bond donors (Lipinski definition) is 1. The van der Waals surface area contributed by atoms with Crippen molar-refractivity contribution >= 4 is 5.69 Å². The number of benzene rings is 1. The van der Waals surface area contributed by atoms with E-state index in [1.807, 2.05) is 25.8 Å². The molecule has 1 aromatic rings. The third kappa shape index (κ3) is 3.72. The summed E-state index contributed by atoms with van der Waals surface area (Å²) < 4.78 is 5.30. The number of rotatable bonds is 6. The summed E-state index contributed by atoms with van der Waals surface area (Å²) in [6.07, 6.45) is 0.516. The lowest BCUT2D eigenvalue weighted by Crippen LogP contribution is -2.45. The van der Waals surface area contributed by atoms with Gasteiger partial charge in [0.05, 0.1) is 11.7 Å². The van der Waals surface area contributed by atoms with Crippen molar-refractivity contribution in [1.82, 2.24) is 0 Å². The van der Waals surface area contributed by atoms with Crippen LogP contribution in [0.25, 0.3) is 0 Å². The summed E-state index contributed by atoms with van der Waals surface area (Å²) >= 11 is 0. The van der Waals surface area contributed by atoms with E-state index in [-0.39, 0.29) is 0 Å². The van der Waals surface area contributed by atoms with Crippen LogP contribution in [0.3, 0.4) is 0 Å². The fourth-order valence-electron chi connectivity index (χ4n) is 1.71. The van der Waals surface area contributed by atoms with Gasteiger partial charge in [0.25, 0.3) is 0 Å². The zero-order valence-electron chi connectivity index (χ0n) is 12.1. The molecule has 0 saturated heterocycles. The summed E-state index contributed by atoms with van der Waals surface area (Å²) in [6.45, 7) is 6.48. The number of nitrogens with zero attached hydrogens (tertiary/aromatic N) is 1. The second-order valence-electron chi connectivity index (χ2n) is 5.22. The Labute approximate surface area is 110 Å². The van der Waals surface area contributed by atoms with E-state index in [1.165, 1.54) is 5.56 Å². The molecule has 0 aliphatic heterocycles. The minimum atomic E-state index is -0.530. The Morgan fingerprint density at radius 2 is 1.83 bits per heavy atom. The van der Waals surface area contributed by atoms with E-state index in [4.69, 9.17) is 4.74 Å². The maximum Gasteiger partial charge on any atom is 0.0998 e. The van der Waals surface area contributed by atoms with Crippen molar-refractivity contribution in [3.8, 4) is 0 Å². The highest BCUT2D eigenvalue weighted by Crippen LogP contribution is 2.19. The van der Waals surface area contributed by atoms with E-state index >= 15 is 0 Å². The van der Waals surface area contributed by atoms with Gasteiger partial charge < -0.3 is 14.7 Å². The quantitative estimate of drug-likeness (QED) is 0.843. The van der Waals surface area contributed by atoms with Crippen molar-refractivity contribution in [3.63, 3.8) is 0 Å². The normalized spacial score (nSPS) is 13.4. The molecule has 0 heterocycles. The molecule has 0 amide bonds. The Morgan fingerprint density at radius 1 is 1.28 bits per heavy atom. The molecule has 0 aliphatic rings. The third-order valence-corrected chi connectivity index (χ3v) is 3.56. The van der Waals surface area contributed by atoms with E-state index < -0.39 is 11.7 Å². The minimum absolute atomic E-state index is 0.529. The Balaban J connectivity index is 2.67. The Kier molecular flexibility index (Phi) is 5.17. The standard InChI is InChI=1S/C15H25NO2/c1-6-12-7-9-13(10-8-12)16(4)11-14(17)15(2,3)18-5/h7-10,14,17H,6,11H2,1-5H3. The van der Waals surface area contributed by atoms with Gasteiger partial charge in [-0.15, -0.1) is 0 Å². The molecule has 0 aromatic heterocycles. The van der Waals surface area contributed by atoms with E-state index in [2.05, 4.69) is 31.2 Å². The number of methoxy groups -OCH3 is 1. The van der Waals surface area contributed by atoms with Gasteiger partial charge in [-0.3, -0.25) is 0 Å². The summed E-state index contributed by atoms with van der Waals surface area (Å²) in [4.78, 5) is 2.05. The van der Waals surface area contributed by atoms with E-state index in [0.717, 1.165) is 12.1 Å². The van der Waals surface area contributed by atoms with Crippen LogP contribution in [0.2, 0.25) is 0 Å². The summed E-state index contributed by atoms with van der Waals surface area (Å²) in [5.41, 5.74) is 1.90. The second-order valence-corrected chi connectivity index (χ2v) is 5.22. The van der Waals surface area contributed by atoms with Gasteiger partial charge in [-0.1, -0.05) is 19.1 Å². The molecule has 0 aliphatic carbocycles. The van der Waals surface area contributed by atoms with Gasteiger partial charge in [0.15, 0.2) is 0 Å². The molecular formula is C15H25NO2. The van der Waals surface area contributed by atoms with Gasteiger partial charge in [0, 0.05) is 26.4 Å². The van der Waals surface area contributed by atoms with Crippen molar-refractivity contribution in [2.24, 2.45) is 0 Å². The topological polar surface area (TPSA) is 32.7 Å². The largest absolute Gasteiger partial charge is 0.388 e. The minimum Gasteiger partial charge on any atom is -0.388 e. The van der Waals surface area contributed by atoms with Crippen LogP contribution in [0.5, 0.6) is 0 Å². The van der Waals surface area contributed by atoms with E-state index in [0.29, 0.717) is 6.54 Å². The average Bonchev–Trinajstić information content (AvgIpc) is 2.38. The zero-order valence-corrected chi connectivity index (χ0v) is 12.1. The predicted molar refractivity (Wildman–Crippen MR) is 76.2 cm³/mol. The first kappa shape index (κ1) is 15.0. The number of ether oxygens (including phenoxy) is 1. The molecule has 1 atom stereocenters. The Hall–Kier alpha value is -1.06. The lowest BCUT2D eigenvalue weighted by atomic mass is 10.0. The van der Waals surface area contributed by atoms with Gasteiger partial charge in [0.1, 0.15) is 0 Å². The number of hydrogen-bond acceptors (Lipinski definition) is 3. The molecule has 3 heteroatoms. The maximum atomic E-state index is 10.1. The first-order valence-electron chi connectivity index (χ1n) is 6.44. The van der Waals surface area contributed by atoms with Gasteiger partial charge in [-0.25, -0.2) is 0 Å². The molecule has 3 nitrogen and oxygen atoms in total. The van der Waals surface area contributed by atoms with Crippen LogP contribution < -0.4 is 4.90 Å². The van der Waals surface area contributed by atoms with E-state index in [1.54, 1.807) is 7.11 Å². The average molecular weight is 251 g/mol. The van der Waals surface area contributed by atoms with E-state index in [9.17, 15) is 5.11 Å². The number of anilines is 1. The van der Waals surface area contributed by atoms with Gasteiger partial charge >= 0.3 is 0 Å². The summed E-state index contributed by atoms with van der Waals surface area (Å²) in [6, 6.07) is 8.43. The molecule has 1 unspecified atom stereocenters. The monoisotopic (exact) mass is 251 g/mol. The third-order valence-electron chi connectivity index (χ3n) is 3.56. The fourth-order valence-corrected chi connectivity index (χ4v) is 1.71. The van der Waals surface area contributed by atoms with Crippen molar-refractivity contribution in [2.45, 2.75) is 38.9 Å². The van der Waals surface area contributed by atoms with Crippen LogP contribution >= 0.6 is 0 Å². The summed E-state index contributed by atoms with van der Waals surface area (Å²) in [7, 11) is 3.61. The molecule has 18 heavy (non-hydrogen) atoms. The molecule has 1 aromatic carbocycles. The van der Waals surface area contributed by atoms with Crippen LogP contribution in [0.4, 0.5) is 5.69 Å². The Bertz CT molecular complexity index is 359. The fraction of sp³-hybridized carbons (Fsp3) is 0.600. The highest BCUT2D eigenvalue weighted by Gasteiger charge is 2.28. The van der Waals surface area contributed by atoms with Crippen LogP contribution in [-0.2, 0) is 11.2 Å². The predicted octanol–water partition coefficient (Wildman–Crippen LogP) is 2.47. The van der Waals surface area contributed by atoms with Crippen molar-refractivity contribution < 1.29 is 9.84 Å². The molecular weight excluding hydrogens is 226 g/mol. The number of aliphatic hydroxyl groups is 1. The Morgan fingerprint density at radius 3 is 2.28 bits per heavy atom. The molecule has 0 bridgehead atoms. The van der Waals surface area contributed by atoms with Crippen LogP contribution in [0.15, 0.2) is 24.3 Å². The SMILES string of the molecule is CCc1ccc(N(C)CC(O)C(C)(C)OC)cc1. The molecule has 0 fully saturated rings. The first-order chi connectivity index (χ1) is 8.40. The van der Waals surface area contributed by atoms with Crippen LogP contribution in [-0.4, -0.2) is 37.5 Å². The zero-order chi connectivity index (χ0) is 13.8.